The van der Waals surface area contributed by atoms with E-state index in [0.717, 1.165) is 20.0 Å². The molecule has 0 aliphatic rings. The highest BCUT2D eigenvalue weighted by molar-refractivity contribution is 9.13. The van der Waals surface area contributed by atoms with E-state index in [0.29, 0.717) is 6.54 Å². The van der Waals surface area contributed by atoms with Crippen molar-refractivity contribution < 1.29 is 0 Å². The SMILES string of the molecule is CN(Cc1ccc(Br)cc1)C(CN)c1ccc(Br)c(Br)c1. The number of hydrogen-bond acceptors (Lipinski definition) is 2. The van der Waals surface area contributed by atoms with Gasteiger partial charge < -0.3 is 5.73 Å². The molecule has 0 saturated carbocycles. The molecule has 2 nitrogen and oxygen atoms in total. The third kappa shape index (κ3) is 4.63. The van der Waals surface area contributed by atoms with Crippen LogP contribution in [0.3, 0.4) is 0 Å². The number of hydrogen-bond donors (Lipinski definition) is 1. The Hall–Kier alpha value is -0.200. The summed E-state index contributed by atoms with van der Waals surface area (Å²) in [6.07, 6.45) is 0. The molecule has 21 heavy (non-hydrogen) atoms. The summed E-state index contributed by atoms with van der Waals surface area (Å²) in [5, 5.41) is 0. The molecule has 2 N–H and O–H groups in total. The van der Waals surface area contributed by atoms with Gasteiger partial charge in [-0.25, -0.2) is 0 Å². The molecule has 0 saturated heterocycles. The summed E-state index contributed by atoms with van der Waals surface area (Å²) in [5.41, 5.74) is 8.48. The van der Waals surface area contributed by atoms with Gasteiger partial charge in [0.1, 0.15) is 0 Å². The Balaban J connectivity index is 2.15. The van der Waals surface area contributed by atoms with E-state index in [1.54, 1.807) is 0 Å². The molecule has 0 fully saturated rings. The minimum absolute atomic E-state index is 0.193. The van der Waals surface area contributed by atoms with Gasteiger partial charge in [-0.15, -0.1) is 0 Å². The smallest absolute Gasteiger partial charge is 0.0471 e. The van der Waals surface area contributed by atoms with E-state index in [4.69, 9.17) is 5.73 Å². The van der Waals surface area contributed by atoms with E-state index in [1.165, 1.54) is 11.1 Å². The molecule has 0 radical (unpaired) electrons. The maximum absolute atomic E-state index is 6.00. The van der Waals surface area contributed by atoms with Crippen LogP contribution in [0.2, 0.25) is 0 Å². The first-order chi connectivity index (χ1) is 10.0. The lowest BCUT2D eigenvalue weighted by Gasteiger charge is -2.27. The van der Waals surface area contributed by atoms with Crippen molar-refractivity contribution in [3.63, 3.8) is 0 Å². The molecule has 2 aromatic rings. The summed E-state index contributed by atoms with van der Waals surface area (Å²) in [7, 11) is 2.11. The van der Waals surface area contributed by atoms with Crippen molar-refractivity contribution in [1.82, 2.24) is 4.90 Å². The third-order valence-corrected chi connectivity index (χ3v) is 5.84. The fraction of sp³-hybridized carbons (Fsp3) is 0.250. The maximum atomic E-state index is 6.00. The average molecular weight is 477 g/mol. The quantitative estimate of drug-likeness (QED) is 0.650. The van der Waals surface area contributed by atoms with Gasteiger partial charge in [0.05, 0.1) is 0 Å². The average Bonchev–Trinajstić information content (AvgIpc) is 2.46. The minimum atomic E-state index is 0.193. The van der Waals surface area contributed by atoms with E-state index >= 15 is 0 Å². The summed E-state index contributed by atoms with van der Waals surface area (Å²) < 4.78 is 3.20. The first-order valence-electron chi connectivity index (χ1n) is 6.61. The molecular weight excluding hydrogens is 460 g/mol. The van der Waals surface area contributed by atoms with Crippen molar-refractivity contribution in [2.24, 2.45) is 5.73 Å². The van der Waals surface area contributed by atoms with E-state index in [1.807, 2.05) is 0 Å². The Morgan fingerprint density at radius 3 is 2.24 bits per heavy atom. The van der Waals surface area contributed by atoms with Gasteiger partial charge in [0.2, 0.25) is 0 Å². The summed E-state index contributed by atoms with van der Waals surface area (Å²) in [6.45, 7) is 1.45. The molecule has 0 amide bonds. The second-order valence-corrected chi connectivity index (χ2v) is 7.59. The fourth-order valence-corrected chi connectivity index (χ4v) is 3.19. The van der Waals surface area contributed by atoms with Crippen molar-refractivity contribution in [1.29, 1.82) is 0 Å². The van der Waals surface area contributed by atoms with Crippen molar-refractivity contribution in [2.75, 3.05) is 13.6 Å². The summed E-state index contributed by atoms with van der Waals surface area (Å²) >= 11 is 10.5. The maximum Gasteiger partial charge on any atom is 0.0471 e. The summed E-state index contributed by atoms with van der Waals surface area (Å²) in [5.74, 6) is 0. The van der Waals surface area contributed by atoms with Crippen LogP contribution >= 0.6 is 47.8 Å². The molecule has 1 atom stereocenters. The largest absolute Gasteiger partial charge is 0.329 e. The number of nitrogens with two attached hydrogens (primary N) is 1. The van der Waals surface area contributed by atoms with Crippen molar-refractivity contribution >= 4 is 47.8 Å². The van der Waals surface area contributed by atoms with Gasteiger partial charge >= 0.3 is 0 Å². The number of halogens is 3. The number of likely N-dealkylation sites (N-methyl/N-ethyl adjacent to an activating group) is 1. The van der Waals surface area contributed by atoms with Gasteiger partial charge in [-0.2, -0.15) is 0 Å². The van der Waals surface area contributed by atoms with Crippen LogP contribution in [0.15, 0.2) is 55.9 Å². The first kappa shape index (κ1) is 17.2. The molecule has 5 heteroatoms. The van der Waals surface area contributed by atoms with Gasteiger partial charge in [0, 0.05) is 32.5 Å². The Morgan fingerprint density at radius 2 is 1.67 bits per heavy atom. The van der Waals surface area contributed by atoms with Crippen molar-refractivity contribution in [2.45, 2.75) is 12.6 Å². The number of rotatable bonds is 5. The molecule has 0 bridgehead atoms. The van der Waals surface area contributed by atoms with Crippen LogP contribution in [-0.2, 0) is 6.54 Å². The lowest BCUT2D eigenvalue weighted by molar-refractivity contribution is 0.241. The normalized spacial score (nSPS) is 12.7. The molecule has 0 heterocycles. The monoisotopic (exact) mass is 474 g/mol. The molecule has 2 rings (SSSR count). The molecule has 0 aromatic heterocycles. The molecular formula is C16H17Br3N2. The van der Waals surface area contributed by atoms with Gasteiger partial charge in [0.15, 0.2) is 0 Å². The number of benzene rings is 2. The zero-order valence-corrected chi connectivity index (χ0v) is 16.4. The Kier molecular flexibility index (Phi) is 6.44. The topological polar surface area (TPSA) is 29.3 Å². The Bertz CT molecular complexity index is 599. The predicted molar refractivity (Wildman–Crippen MR) is 99.2 cm³/mol. The fourth-order valence-electron chi connectivity index (χ4n) is 2.28. The van der Waals surface area contributed by atoms with Crippen molar-refractivity contribution in [3.8, 4) is 0 Å². The molecule has 112 valence electrons. The van der Waals surface area contributed by atoms with Crippen LogP contribution in [0.4, 0.5) is 0 Å². The lowest BCUT2D eigenvalue weighted by atomic mass is 10.1. The van der Waals surface area contributed by atoms with Crippen molar-refractivity contribution in [3.05, 3.63) is 67.0 Å². The van der Waals surface area contributed by atoms with E-state index in [2.05, 4.69) is 102 Å². The first-order valence-corrected chi connectivity index (χ1v) is 8.99. The number of nitrogens with zero attached hydrogens (tertiary/aromatic N) is 1. The summed E-state index contributed by atoms with van der Waals surface area (Å²) in [4.78, 5) is 2.28. The molecule has 2 aromatic carbocycles. The second kappa shape index (κ2) is 7.88. The van der Waals surface area contributed by atoms with E-state index < -0.39 is 0 Å². The van der Waals surface area contributed by atoms with E-state index in [9.17, 15) is 0 Å². The Labute approximate surface area is 151 Å². The van der Waals surface area contributed by atoms with E-state index in [-0.39, 0.29) is 6.04 Å². The van der Waals surface area contributed by atoms with Gasteiger partial charge in [-0.05, 0) is 74.3 Å². The zero-order chi connectivity index (χ0) is 15.4. The van der Waals surface area contributed by atoms with Crippen LogP contribution in [0.5, 0.6) is 0 Å². The standard InChI is InChI=1S/C16H17Br3N2/c1-21(10-11-2-5-13(17)6-3-11)16(9-20)12-4-7-14(18)15(19)8-12/h2-8,16H,9-10,20H2,1H3. The van der Waals surface area contributed by atoms with Gasteiger partial charge in [0.25, 0.3) is 0 Å². The third-order valence-electron chi connectivity index (χ3n) is 3.43. The molecule has 0 spiro atoms. The predicted octanol–water partition coefficient (Wildman–Crippen LogP) is 5.11. The van der Waals surface area contributed by atoms with Crippen LogP contribution in [-0.4, -0.2) is 18.5 Å². The van der Waals surface area contributed by atoms with Crippen LogP contribution in [0, 0.1) is 0 Å². The lowest BCUT2D eigenvalue weighted by Crippen LogP contribution is -2.30. The Morgan fingerprint density at radius 1 is 1.00 bits per heavy atom. The highest BCUT2D eigenvalue weighted by Gasteiger charge is 2.16. The van der Waals surface area contributed by atoms with Gasteiger partial charge in [-0.3, -0.25) is 4.90 Å². The second-order valence-electron chi connectivity index (χ2n) is 4.97. The minimum Gasteiger partial charge on any atom is -0.329 e. The van der Waals surface area contributed by atoms with Crippen LogP contribution in [0.1, 0.15) is 17.2 Å². The molecule has 0 aliphatic carbocycles. The highest BCUT2D eigenvalue weighted by atomic mass is 79.9. The highest BCUT2D eigenvalue weighted by Crippen LogP contribution is 2.28. The van der Waals surface area contributed by atoms with Crippen LogP contribution < -0.4 is 5.73 Å². The zero-order valence-electron chi connectivity index (χ0n) is 11.7. The molecule has 0 aliphatic heterocycles. The summed E-state index contributed by atoms with van der Waals surface area (Å²) in [6, 6.07) is 14.9. The molecule has 1 unspecified atom stereocenters. The van der Waals surface area contributed by atoms with Gasteiger partial charge in [-0.1, -0.05) is 34.1 Å². The van der Waals surface area contributed by atoms with Crippen LogP contribution in [0.25, 0.3) is 0 Å².